The van der Waals surface area contributed by atoms with Crippen molar-refractivity contribution in [3.05, 3.63) is 0 Å². The van der Waals surface area contributed by atoms with Gasteiger partial charge in [0.15, 0.2) is 0 Å². The van der Waals surface area contributed by atoms with Crippen LogP contribution in [0, 0.1) is 5.92 Å². The molecule has 2 saturated heterocycles. The van der Waals surface area contributed by atoms with E-state index in [0.29, 0.717) is 32.5 Å². The van der Waals surface area contributed by atoms with Gasteiger partial charge >= 0.3 is 0 Å². The van der Waals surface area contributed by atoms with Crippen molar-refractivity contribution in [3.8, 4) is 0 Å². The Labute approximate surface area is 108 Å². The number of nitrogens with zero attached hydrogens (tertiary/aromatic N) is 1. The van der Waals surface area contributed by atoms with Crippen LogP contribution in [0.3, 0.4) is 0 Å². The second-order valence-corrected chi connectivity index (χ2v) is 7.30. The summed E-state index contributed by atoms with van der Waals surface area (Å²) >= 11 is 0. The van der Waals surface area contributed by atoms with Crippen LogP contribution in [0.15, 0.2) is 0 Å². The molecule has 1 unspecified atom stereocenters. The van der Waals surface area contributed by atoms with Crippen molar-refractivity contribution >= 4 is 15.9 Å². The molecule has 3 N–H and O–H groups in total. The SMILES string of the molecule is NC(=O)C1CCN(S(=O)(=O)C2CCCNC2)CC1. The van der Waals surface area contributed by atoms with Crippen LogP contribution in [0.5, 0.6) is 0 Å². The number of sulfonamides is 1. The zero-order valence-electron chi connectivity index (χ0n) is 10.5. The summed E-state index contributed by atoms with van der Waals surface area (Å²) < 4.78 is 26.3. The Morgan fingerprint density at radius 2 is 1.89 bits per heavy atom. The molecule has 0 saturated carbocycles. The maximum absolute atomic E-state index is 12.4. The van der Waals surface area contributed by atoms with Crippen LogP contribution < -0.4 is 11.1 Å². The summed E-state index contributed by atoms with van der Waals surface area (Å²) in [6.45, 7) is 2.28. The summed E-state index contributed by atoms with van der Waals surface area (Å²) in [6.07, 6.45) is 2.73. The Hall–Kier alpha value is -0.660. The maximum Gasteiger partial charge on any atom is 0.220 e. The molecule has 1 amide bonds. The van der Waals surface area contributed by atoms with Gasteiger partial charge in [0.05, 0.1) is 5.25 Å². The minimum atomic E-state index is -3.22. The van der Waals surface area contributed by atoms with Gasteiger partial charge in [-0.2, -0.15) is 0 Å². The highest BCUT2D eigenvalue weighted by molar-refractivity contribution is 7.89. The molecule has 0 aromatic rings. The lowest BCUT2D eigenvalue weighted by atomic mass is 9.98. The van der Waals surface area contributed by atoms with Crippen molar-refractivity contribution < 1.29 is 13.2 Å². The maximum atomic E-state index is 12.4. The van der Waals surface area contributed by atoms with E-state index >= 15 is 0 Å². The van der Waals surface area contributed by atoms with E-state index < -0.39 is 10.0 Å². The Kier molecular flexibility index (Phi) is 4.24. The first-order chi connectivity index (χ1) is 8.51. The second-order valence-electron chi connectivity index (χ2n) is 5.09. The normalized spacial score (nSPS) is 28.1. The first-order valence-electron chi connectivity index (χ1n) is 6.51. The lowest BCUT2D eigenvalue weighted by Gasteiger charge is -2.34. The molecule has 2 rings (SSSR count). The van der Waals surface area contributed by atoms with Crippen molar-refractivity contribution in [1.82, 2.24) is 9.62 Å². The number of rotatable bonds is 3. The number of piperidine rings is 2. The van der Waals surface area contributed by atoms with Crippen LogP contribution >= 0.6 is 0 Å². The number of hydrogen-bond donors (Lipinski definition) is 2. The third-order valence-electron chi connectivity index (χ3n) is 3.89. The van der Waals surface area contributed by atoms with Crippen molar-refractivity contribution in [2.45, 2.75) is 30.9 Å². The van der Waals surface area contributed by atoms with Crippen LogP contribution in [0.25, 0.3) is 0 Å². The molecule has 1 atom stereocenters. The fourth-order valence-corrected chi connectivity index (χ4v) is 4.61. The van der Waals surface area contributed by atoms with Crippen LogP contribution in [0.1, 0.15) is 25.7 Å². The number of amides is 1. The molecule has 7 heteroatoms. The first kappa shape index (κ1) is 13.8. The van der Waals surface area contributed by atoms with E-state index in [2.05, 4.69) is 5.32 Å². The van der Waals surface area contributed by atoms with E-state index in [4.69, 9.17) is 5.73 Å². The minimum Gasteiger partial charge on any atom is -0.369 e. The van der Waals surface area contributed by atoms with Gasteiger partial charge in [-0.05, 0) is 32.2 Å². The van der Waals surface area contributed by atoms with Gasteiger partial charge in [-0.1, -0.05) is 0 Å². The largest absolute Gasteiger partial charge is 0.369 e. The molecule has 18 heavy (non-hydrogen) atoms. The zero-order valence-corrected chi connectivity index (χ0v) is 11.3. The molecule has 2 heterocycles. The zero-order chi connectivity index (χ0) is 13.2. The molecule has 0 radical (unpaired) electrons. The predicted octanol–water partition coefficient (Wildman–Crippen LogP) is -0.734. The average Bonchev–Trinajstić information content (AvgIpc) is 2.40. The van der Waals surface area contributed by atoms with Gasteiger partial charge in [-0.15, -0.1) is 0 Å². The molecule has 0 aliphatic carbocycles. The third-order valence-corrected chi connectivity index (χ3v) is 6.22. The Balaban J connectivity index is 1.97. The monoisotopic (exact) mass is 275 g/mol. The Bertz CT molecular complexity index is 396. The summed E-state index contributed by atoms with van der Waals surface area (Å²) in [6, 6.07) is 0. The van der Waals surface area contributed by atoms with E-state index in [1.807, 2.05) is 0 Å². The van der Waals surface area contributed by atoms with Gasteiger partial charge in [-0.25, -0.2) is 12.7 Å². The van der Waals surface area contributed by atoms with Crippen molar-refractivity contribution in [2.75, 3.05) is 26.2 Å². The molecular weight excluding hydrogens is 254 g/mol. The van der Waals surface area contributed by atoms with Crippen LogP contribution in [-0.4, -0.2) is 50.1 Å². The lowest BCUT2D eigenvalue weighted by molar-refractivity contribution is -0.122. The van der Waals surface area contributed by atoms with E-state index in [0.717, 1.165) is 19.4 Å². The fourth-order valence-electron chi connectivity index (χ4n) is 2.68. The first-order valence-corrected chi connectivity index (χ1v) is 8.01. The van der Waals surface area contributed by atoms with Gasteiger partial charge in [0.25, 0.3) is 0 Å². The standard InChI is InChI=1S/C11H21N3O3S/c12-11(15)9-3-6-14(7-4-9)18(16,17)10-2-1-5-13-8-10/h9-10,13H,1-8H2,(H2,12,15). The van der Waals surface area contributed by atoms with Crippen LogP contribution in [0.2, 0.25) is 0 Å². The summed E-state index contributed by atoms with van der Waals surface area (Å²) in [4.78, 5) is 11.1. The number of carbonyl (C=O) groups is 1. The molecule has 0 aromatic carbocycles. The smallest absolute Gasteiger partial charge is 0.220 e. The Morgan fingerprint density at radius 1 is 1.22 bits per heavy atom. The number of nitrogens with two attached hydrogens (primary N) is 1. The second kappa shape index (κ2) is 5.54. The van der Waals surface area contributed by atoms with Crippen molar-refractivity contribution in [1.29, 1.82) is 0 Å². The molecular formula is C11H21N3O3S. The van der Waals surface area contributed by atoms with Gasteiger partial charge in [0.2, 0.25) is 15.9 Å². The van der Waals surface area contributed by atoms with Gasteiger partial charge in [0.1, 0.15) is 0 Å². The van der Waals surface area contributed by atoms with Crippen molar-refractivity contribution in [2.24, 2.45) is 11.7 Å². The molecule has 0 bridgehead atoms. The molecule has 2 aliphatic heterocycles. The van der Waals surface area contributed by atoms with E-state index in [9.17, 15) is 13.2 Å². The molecule has 2 aliphatic rings. The van der Waals surface area contributed by atoms with Gasteiger partial charge in [0, 0.05) is 25.6 Å². The minimum absolute atomic E-state index is 0.166. The molecule has 0 aromatic heterocycles. The van der Waals surface area contributed by atoms with E-state index in [-0.39, 0.29) is 17.1 Å². The molecule has 6 nitrogen and oxygen atoms in total. The molecule has 104 valence electrons. The predicted molar refractivity (Wildman–Crippen MR) is 68.3 cm³/mol. The fraction of sp³-hybridized carbons (Fsp3) is 0.909. The molecule has 0 spiro atoms. The lowest BCUT2D eigenvalue weighted by Crippen LogP contribution is -2.49. The van der Waals surface area contributed by atoms with Crippen molar-refractivity contribution in [3.63, 3.8) is 0 Å². The summed E-state index contributed by atoms with van der Waals surface area (Å²) in [5.74, 6) is -0.479. The number of primary amides is 1. The summed E-state index contributed by atoms with van der Waals surface area (Å²) in [7, 11) is -3.22. The van der Waals surface area contributed by atoms with Crippen LogP contribution in [0.4, 0.5) is 0 Å². The van der Waals surface area contributed by atoms with Gasteiger partial charge < -0.3 is 11.1 Å². The average molecular weight is 275 g/mol. The number of hydrogen-bond acceptors (Lipinski definition) is 4. The highest BCUT2D eigenvalue weighted by Crippen LogP contribution is 2.23. The summed E-state index contributed by atoms with van der Waals surface area (Å²) in [5.41, 5.74) is 5.25. The molecule has 2 fully saturated rings. The van der Waals surface area contributed by atoms with E-state index in [1.165, 1.54) is 4.31 Å². The highest BCUT2D eigenvalue weighted by atomic mass is 32.2. The van der Waals surface area contributed by atoms with E-state index in [1.54, 1.807) is 0 Å². The quantitative estimate of drug-likeness (QED) is 0.710. The summed E-state index contributed by atoms with van der Waals surface area (Å²) in [5, 5.41) is 2.82. The van der Waals surface area contributed by atoms with Gasteiger partial charge in [-0.3, -0.25) is 4.79 Å². The number of nitrogens with one attached hydrogen (secondary N) is 1. The number of carbonyl (C=O) groups excluding carboxylic acids is 1. The third kappa shape index (κ3) is 2.84. The van der Waals surface area contributed by atoms with Crippen LogP contribution in [-0.2, 0) is 14.8 Å². The Morgan fingerprint density at radius 3 is 2.39 bits per heavy atom. The topological polar surface area (TPSA) is 92.5 Å². The highest BCUT2D eigenvalue weighted by Gasteiger charge is 2.36.